The summed E-state index contributed by atoms with van der Waals surface area (Å²) in [6.07, 6.45) is 2.37. The van der Waals surface area contributed by atoms with Crippen LogP contribution < -0.4 is 0 Å². The van der Waals surface area contributed by atoms with Gasteiger partial charge < -0.3 is 0 Å². The van der Waals surface area contributed by atoms with Crippen molar-refractivity contribution in [3.05, 3.63) is 0 Å². The molecule has 1 aliphatic heterocycles. The van der Waals surface area contributed by atoms with Crippen LogP contribution in [0.15, 0.2) is 10.2 Å². The van der Waals surface area contributed by atoms with Gasteiger partial charge in [0.05, 0.1) is 12.6 Å². The second-order valence-electron chi connectivity index (χ2n) is 4.91. The van der Waals surface area contributed by atoms with Gasteiger partial charge >= 0.3 is 0 Å². The molecule has 0 N–H and O–H groups in total. The molecule has 0 saturated heterocycles. The molecular weight excluding hydrogens is 148 g/mol. The topological polar surface area (TPSA) is 24.7 Å². The van der Waals surface area contributed by atoms with Crippen LogP contribution in [0, 0.1) is 11.3 Å². The van der Waals surface area contributed by atoms with E-state index < -0.39 is 0 Å². The first kappa shape index (κ1) is 9.69. The van der Waals surface area contributed by atoms with Crippen molar-refractivity contribution in [2.45, 2.75) is 46.6 Å². The highest BCUT2D eigenvalue weighted by Gasteiger charge is 2.26. The summed E-state index contributed by atoms with van der Waals surface area (Å²) in [6, 6.07) is 0.447. The Labute approximate surface area is 75.5 Å². The van der Waals surface area contributed by atoms with E-state index in [2.05, 4.69) is 37.9 Å². The van der Waals surface area contributed by atoms with Crippen LogP contribution in [0.5, 0.6) is 0 Å². The zero-order valence-electron chi connectivity index (χ0n) is 8.67. The Morgan fingerprint density at radius 3 is 2.58 bits per heavy atom. The van der Waals surface area contributed by atoms with Gasteiger partial charge in [0.1, 0.15) is 0 Å². The van der Waals surface area contributed by atoms with Gasteiger partial charge in [-0.05, 0) is 24.2 Å². The molecule has 1 rings (SSSR count). The molecular formula is C10H20N2. The maximum absolute atomic E-state index is 4.34. The number of hydrogen-bond acceptors (Lipinski definition) is 2. The van der Waals surface area contributed by atoms with Crippen LogP contribution in [0.1, 0.15) is 40.5 Å². The molecule has 0 saturated carbocycles. The molecule has 1 atom stereocenters. The van der Waals surface area contributed by atoms with Gasteiger partial charge in [-0.15, -0.1) is 0 Å². The lowest BCUT2D eigenvalue weighted by atomic mass is 9.80. The Bertz CT molecular complexity index is 171. The minimum absolute atomic E-state index is 0.429. The first-order valence-corrected chi connectivity index (χ1v) is 4.88. The highest BCUT2D eigenvalue weighted by Crippen LogP contribution is 2.32. The highest BCUT2D eigenvalue weighted by atomic mass is 15.1. The van der Waals surface area contributed by atoms with Crippen molar-refractivity contribution in [3.63, 3.8) is 0 Å². The zero-order valence-corrected chi connectivity index (χ0v) is 8.67. The summed E-state index contributed by atoms with van der Waals surface area (Å²) < 4.78 is 0. The van der Waals surface area contributed by atoms with Crippen LogP contribution >= 0.6 is 0 Å². The van der Waals surface area contributed by atoms with E-state index in [4.69, 9.17) is 0 Å². The lowest BCUT2D eigenvalue weighted by molar-refractivity contribution is 0.274. The van der Waals surface area contributed by atoms with Gasteiger partial charge in [-0.3, -0.25) is 0 Å². The van der Waals surface area contributed by atoms with E-state index in [0.717, 1.165) is 6.54 Å². The van der Waals surface area contributed by atoms with Crippen molar-refractivity contribution >= 4 is 0 Å². The van der Waals surface area contributed by atoms with E-state index in [1.54, 1.807) is 0 Å². The Morgan fingerprint density at radius 1 is 1.33 bits per heavy atom. The fourth-order valence-corrected chi connectivity index (χ4v) is 1.59. The molecule has 0 aromatic heterocycles. The van der Waals surface area contributed by atoms with Gasteiger partial charge in [0.25, 0.3) is 0 Å². The molecule has 0 aliphatic carbocycles. The van der Waals surface area contributed by atoms with E-state index in [0.29, 0.717) is 17.4 Å². The van der Waals surface area contributed by atoms with Crippen molar-refractivity contribution in [2.24, 2.45) is 21.6 Å². The molecule has 12 heavy (non-hydrogen) atoms. The van der Waals surface area contributed by atoms with Crippen molar-refractivity contribution < 1.29 is 0 Å². The van der Waals surface area contributed by atoms with Crippen molar-refractivity contribution in [3.8, 4) is 0 Å². The highest BCUT2D eigenvalue weighted by molar-refractivity contribution is 4.81. The van der Waals surface area contributed by atoms with Crippen molar-refractivity contribution in [1.82, 2.24) is 0 Å². The summed E-state index contributed by atoms with van der Waals surface area (Å²) in [5.74, 6) is 0.631. The molecule has 0 radical (unpaired) electrons. The normalized spacial score (nSPS) is 28.9. The Kier molecular flexibility index (Phi) is 2.86. The summed E-state index contributed by atoms with van der Waals surface area (Å²) in [5, 5.41) is 8.54. The molecule has 2 nitrogen and oxygen atoms in total. The van der Waals surface area contributed by atoms with Gasteiger partial charge in [-0.1, -0.05) is 27.7 Å². The van der Waals surface area contributed by atoms with Gasteiger partial charge in [0, 0.05) is 0 Å². The number of hydrogen-bond donors (Lipinski definition) is 0. The number of nitrogens with zero attached hydrogens (tertiary/aromatic N) is 2. The molecule has 1 unspecified atom stereocenters. The van der Waals surface area contributed by atoms with E-state index in [9.17, 15) is 0 Å². The molecule has 0 aromatic rings. The largest absolute Gasteiger partial charge is 0.194 e. The second-order valence-corrected chi connectivity index (χ2v) is 4.91. The minimum atomic E-state index is 0.429. The minimum Gasteiger partial charge on any atom is -0.194 e. The summed E-state index contributed by atoms with van der Waals surface area (Å²) >= 11 is 0. The third-order valence-electron chi connectivity index (χ3n) is 2.65. The zero-order chi connectivity index (χ0) is 9.19. The predicted molar refractivity (Wildman–Crippen MR) is 51.4 cm³/mol. The molecule has 70 valence electrons. The third kappa shape index (κ3) is 2.58. The van der Waals surface area contributed by atoms with E-state index in [1.165, 1.54) is 12.8 Å². The number of azo groups is 1. The Morgan fingerprint density at radius 2 is 2.00 bits per heavy atom. The molecule has 0 bridgehead atoms. The summed E-state index contributed by atoms with van der Waals surface area (Å²) in [5.41, 5.74) is 0.429. The lowest BCUT2D eigenvalue weighted by Gasteiger charge is -2.26. The van der Waals surface area contributed by atoms with Crippen LogP contribution in [0.3, 0.4) is 0 Å². The molecule has 0 fully saturated rings. The van der Waals surface area contributed by atoms with Crippen LogP contribution in [0.25, 0.3) is 0 Å². The maximum atomic E-state index is 4.34. The summed E-state index contributed by atoms with van der Waals surface area (Å²) in [6.45, 7) is 10.0. The molecule has 1 aliphatic rings. The first-order chi connectivity index (χ1) is 5.51. The van der Waals surface area contributed by atoms with Gasteiger partial charge in [0.2, 0.25) is 0 Å². The van der Waals surface area contributed by atoms with Crippen LogP contribution in [-0.4, -0.2) is 12.6 Å². The molecule has 1 heterocycles. The molecule has 0 amide bonds. The second kappa shape index (κ2) is 3.55. The van der Waals surface area contributed by atoms with Gasteiger partial charge in [0.15, 0.2) is 0 Å². The fraction of sp³-hybridized carbons (Fsp3) is 1.00. The smallest absolute Gasteiger partial charge is 0.0736 e. The Balaban J connectivity index is 2.63. The number of rotatable bonds is 1. The average molecular weight is 168 g/mol. The quantitative estimate of drug-likeness (QED) is 0.574. The standard InChI is InChI=1S/C10H20N2/c1-8(2)9-7-10(3,4)5-6-11-12-9/h8-9H,5-7H2,1-4H3. The summed E-state index contributed by atoms with van der Waals surface area (Å²) in [4.78, 5) is 0. The fourth-order valence-electron chi connectivity index (χ4n) is 1.59. The molecule has 0 spiro atoms. The van der Waals surface area contributed by atoms with E-state index >= 15 is 0 Å². The lowest BCUT2D eigenvalue weighted by Crippen LogP contribution is -2.21. The maximum Gasteiger partial charge on any atom is 0.0736 e. The Hall–Kier alpha value is -0.400. The first-order valence-electron chi connectivity index (χ1n) is 4.88. The van der Waals surface area contributed by atoms with Gasteiger partial charge in [-0.25, -0.2) is 0 Å². The molecule has 2 heteroatoms. The van der Waals surface area contributed by atoms with Crippen molar-refractivity contribution in [1.29, 1.82) is 0 Å². The van der Waals surface area contributed by atoms with Gasteiger partial charge in [-0.2, -0.15) is 10.2 Å². The van der Waals surface area contributed by atoms with E-state index in [-0.39, 0.29) is 0 Å². The van der Waals surface area contributed by atoms with Crippen molar-refractivity contribution in [2.75, 3.05) is 6.54 Å². The average Bonchev–Trinajstić information content (AvgIpc) is 2.10. The van der Waals surface area contributed by atoms with Crippen LogP contribution in [-0.2, 0) is 0 Å². The van der Waals surface area contributed by atoms with Crippen LogP contribution in [0.4, 0.5) is 0 Å². The third-order valence-corrected chi connectivity index (χ3v) is 2.65. The molecule has 0 aromatic carbocycles. The predicted octanol–water partition coefficient (Wildman–Crippen LogP) is 3.28. The van der Waals surface area contributed by atoms with Crippen LogP contribution in [0.2, 0.25) is 0 Å². The SMILES string of the molecule is CC(C)C1CC(C)(C)CCN=N1. The summed E-state index contributed by atoms with van der Waals surface area (Å²) in [7, 11) is 0. The monoisotopic (exact) mass is 168 g/mol. The van der Waals surface area contributed by atoms with E-state index in [1.807, 2.05) is 0 Å².